The maximum Gasteiger partial charge on any atom is 0.329 e. The van der Waals surface area contributed by atoms with Gasteiger partial charge in [0.2, 0.25) is 0 Å². The van der Waals surface area contributed by atoms with E-state index >= 15 is 0 Å². The molecule has 0 aliphatic rings. The van der Waals surface area contributed by atoms with Gasteiger partial charge in [0.15, 0.2) is 18.1 Å². The van der Waals surface area contributed by atoms with E-state index in [-0.39, 0.29) is 12.5 Å². The van der Waals surface area contributed by atoms with E-state index in [1.807, 2.05) is 50.2 Å². The van der Waals surface area contributed by atoms with Gasteiger partial charge < -0.3 is 20.1 Å². The van der Waals surface area contributed by atoms with Crippen LogP contribution in [0, 0.1) is 10.5 Å². The number of para-hydroxylation sites is 1. The molecule has 9 nitrogen and oxygen atoms in total. The fourth-order valence-electron chi connectivity index (χ4n) is 3.27. The first-order valence-electron chi connectivity index (χ1n) is 11.4. The van der Waals surface area contributed by atoms with Gasteiger partial charge in [0, 0.05) is 11.4 Å². The maximum absolute atomic E-state index is 12.3. The Morgan fingerprint density at radius 1 is 1.00 bits per heavy atom. The lowest BCUT2D eigenvalue weighted by Gasteiger charge is -2.13. The van der Waals surface area contributed by atoms with Crippen LogP contribution in [0.15, 0.2) is 65.8 Å². The molecule has 37 heavy (non-hydrogen) atoms. The Labute approximate surface area is 228 Å². The van der Waals surface area contributed by atoms with E-state index in [1.165, 1.54) is 13.3 Å². The largest absolute Gasteiger partial charge is 0.493 e. The number of hydrazone groups is 1. The number of amides is 3. The number of ether oxygens (including phenoxy) is 2. The highest BCUT2D eigenvalue weighted by atomic mass is 127. The van der Waals surface area contributed by atoms with Gasteiger partial charge in [0.25, 0.3) is 5.91 Å². The van der Waals surface area contributed by atoms with Crippen LogP contribution < -0.4 is 25.5 Å². The van der Waals surface area contributed by atoms with E-state index < -0.39 is 11.8 Å². The fourth-order valence-corrected chi connectivity index (χ4v) is 4.05. The van der Waals surface area contributed by atoms with Crippen LogP contribution in [0.25, 0.3) is 0 Å². The number of carbonyl (C=O) groups is 3. The molecule has 0 aliphatic heterocycles. The molecule has 0 aliphatic carbocycles. The number of methoxy groups -OCH3 is 1. The van der Waals surface area contributed by atoms with Crippen LogP contribution in [0.4, 0.5) is 11.4 Å². The summed E-state index contributed by atoms with van der Waals surface area (Å²) in [6.07, 6.45) is 2.09. The molecule has 3 aromatic rings. The molecule has 0 saturated carbocycles. The highest BCUT2D eigenvalue weighted by Gasteiger charge is 2.15. The Kier molecular flexibility index (Phi) is 10.0. The van der Waals surface area contributed by atoms with Crippen molar-refractivity contribution in [1.82, 2.24) is 5.43 Å². The van der Waals surface area contributed by atoms with Gasteiger partial charge in [-0.15, -0.1) is 0 Å². The lowest BCUT2D eigenvalue weighted by Crippen LogP contribution is -2.32. The van der Waals surface area contributed by atoms with E-state index in [9.17, 15) is 14.4 Å². The normalized spacial score (nSPS) is 10.6. The van der Waals surface area contributed by atoms with Crippen LogP contribution in [0.3, 0.4) is 0 Å². The summed E-state index contributed by atoms with van der Waals surface area (Å²) < 4.78 is 11.8. The Hall–Kier alpha value is -3.93. The highest BCUT2D eigenvalue weighted by Crippen LogP contribution is 2.33. The van der Waals surface area contributed by atoms with Crippen LogP contribution in [0.1, 0.15) is 23.6 Å². The van der Waals surface area contributed by atoms with Crippen LogP contribution >= 0.6 is 22.6 Å². The van der Waals surface area contributed by atoms with Gasteiger partial charge in [-0.25, -0.2) is 5.43 Å². The Bertz CT molecular complexity index is 1310. The summed E-state index contributed by atoms with van der Waals surface area (Å²) in [6, 6.07) is 18.1. The minimum atomic E-state index is -0.900. The van der Waals surface area contributed by atoms with Crippen LogP contribution in [-0.2, 0) is 20.8 Å². The number of nitrogens with zero attached hydrogens (tertiary/aromatic N) is 1. The smallest absolute Gasteiger partial charge is 0.329 e. The highest BCUT2D eigenvalue weighted by molar-refractivity contribution is 14.1. The van der Waals surface area contributed by atoms with Crippen LogP contribution in [0.5, 0.6) is 11.5 Å². The number of rotatable bonds is 9. The van der Waals surface area contributed by atoms with Gasteiger partial charge in [0.05, 0.1) is 16.9 Å². The summed E-state index contributed by atoms with van der Waals surface area (Å²) >= 11 is 2.05. The third kappa shape index (κ3) is 8.04. The summed E-state index contributed by atoms with van der Waals surface area (Å²) in [5, 5.41) is 9.24. The third-order valence-electron chi connectivity index (χ3n) is 5.17. The first-order chi connectivity index (χ1) is 17.8. The molecule has 3 rings (SSSR count). The van der Waals surface area contributed by atoms with Gasteiger partial charge >= 0.3 is 11.8 Å². The predicted molar refractivity (Wildman–Crippen MR) is 151 cm³/mol. The molecule has 3 amide bonds. The standard InChI is InChI=1S/C27H27IN4O5/c1-4-19-7-5-6-8-22(19)31-26(34)27(35)32-29-15-18-13-21(28)25(23(14-18)36-3)37-16-24(33)30-20-11-9-17(2)10-12-20/h5-15H,4,16H2,1-3H3,(H,30,33)(H,31,34)(H,32,35)/b29-15-. The van der Waals surface area contributed by atoms with Crippen molar-refractivity contribution < 1.29 is 23.9 Å². The van der Waals surface area contributed by atoms with E-state index in [1.54, 1.807) is 24.3 Å². The first-order valence-corrected chi connectivity index (χ1v) is 12.5. The molecule has 0 atom stereocenters. The Morgan fingerprint density at radius 3 is 2.43 bits per heavy atom. The quantitative estimate of drug-likeness (QED) is 0.144. The molecular formula is C27H27IN4O5. The molecule has 0 unspecified atom stereocenters. The molecule has 0 spiro atoms. The van der Waals surface area contributed by atoms with Gasteiger partial charge in [-0.3, -0.25) is 14.4 Å². The molecule has 0 heterocycles. The average molecular weight is 614 g/mol. The van der Waals surface area contributed by atoms with Gasteiger partial charge in [-0.2, -0.15) is 5.10 Å². The molecule has 10 heteroatoms. The molecule has 0 saturated heterocycles. The number of carbonyl (C=O) groups excluding carboxylic acids is 3. The molecule has 0 fully saturated rings. The van der Waals surface area contributed by atoms with Gasteiger partial charge in [0.1, 0.15) is 0 Å². The van der Waals surface area contributed by atoms with E-state index in [0.29, 0.717) is 38.4 Å². The Balaban J connectivity index is 1.58. The summed E-state index contributed by atoms with van der Waals surface area (Å²) in [6.45, 7) is 3.72. The molecular weight excluding hydrogens is 587 g/mol. The van der Waals surface area contributed by atoms with Crippen LogP contribution in [0.2, 0.25) is 0 Å². The molecule has 3 aromatic carbocycles. The van der Waals surface area contributed by atoms with Crippen molar-refractivity contribution in [2.45, 2.75) is 20.3 Å². The van der Waals surface area contributed by atoms with E-state index in [0.717, 1.165) is 11.1 Å². The number of benzene rings is 3. The topological polar surface area (TPSA) is 118 Å². The number of hydrogen-bond donors (Lipinski definition) is 3. The number of anilines is 2. The number of aryl methyl sites for hydroxylation is 2. The van der Waals surface area contributed by atoms with Crippen LogP contribution in [-0.4, -0.2) is 37.7 Å². The lowest BCUT2D eigenvalue weighted by atomic mass is 10.1. The van der Waals surface area contributed by atoms with Crippen molar-refractivity contribution in [1.29, 1.82) is 0 Å². The number of hydrogen-bond acceptors (Lipinski definition) is 6. The van der Waals surface area contributed by atoms with E-state index in [2.05, 4.69) is 43.8 Å². The summed E-state index contributed by atoms with van der Waals surface area (Å²) in [7, 11) is 1.48. The summed E-state index contributed by atoms with van der Waals surface area (Å²) in [5.41, 5.74) is 6.08. The van der Waals surface area contributed by atoms with Gasteiger partial charge in [-0.05, 0) is 77.4 Å². The number of nitrogens with one attached hydrogen (secondary N) is 3. The molecule has 0 aromatic heterocycles. The van der Waals surface area contributed by atoms with Gasteiger partial charge in [-0.1, -0.05) is 42.8 Å². The van der Waals surface area contributed by atoms with E-state index in [4.69, 9.17) is 9.47 Å². The second-order valence-electron chi connectivity index (χ2n) is 7.90. The summed E-state index contributed by atoms with van der Waals surface area (Å²) in [5.74, 6) is -1.25. The van der Waals surface area contributed by atoms with Crippen molar-refractivity contribution in [3.63, 3.8) is 0 Å². The molecule has 0 bridgehead atoms. The zero-order valence-corrected chi connectivity index (χ0v) is 22.8. The first kappa shape index (κ1) is 27.7. The fraction of sp³-hybridized carbons (Fsp3) is 0.185. The third-order valence-corrected chi connectivity index (χ3v) is 5.97. The molecule has 0 radical (unpaired) electrons. The zero-order chi connectivity index (χ0) is 26.8. The van der Waals surface area contributed by atoms with Crippen molar-refractivity contribution >= 4 is 57.9 Å². The monoisotopic (exact) mass is 614 g/mol. The lowest BCUT2D eigenvalue weighted by molar-refractivity contribution is -0.136. The SMILES string of the molecule is CCc1ccccc1NC(=O)C(=O)N/N=C\c1cc(I)c(OCC(=O)Nc2ccc(C)cc2)c(OC)c1. The predicted octanol–water partition coefficient (Wildman–Crippen LogP) is 4.28. The average Bonchev–Trinajstić information content (AvgIpc) is 2.89. The van der Waals surface area contributed by atoms with Crippen molar-refractivity contribution in [2.24, 2.45) is 5.10 Å². The van der Waals surface area contributed by atoms with Crippen molar-refractivity contribution in [3.05, 3.63) is 80.9 Å². The Morgan fingerprint density at radius 2 is 1.73 bits per heavy atom. The maximum atomic E-state index is 12.3. The molecule has 3 N–H and O–H groups in total. The van der Waals surface area contributed by atoms with Crippen molar-refractivity contribution in [2.75, 3.05) is 24.4 Å². The number of halogens is 1. The van der Waals surface area contributed by atoms with Crippen molar-refractivity contribution in [3.8, 4) is 11.5 Å². The minimum absolute atomic E-state index is 0.208. The minimum Gasteiger partial charge on any atom is -0.493 e. The summed E-state index contributed by atoms with van der Waals surface area (Å²) in [4.78, 5) is 36.7. The second-order valence-corrected chi connectivity index (χ2v) is 9.06. The second kappa shape index (κ2) is 13.4. The zero-order valence-electron chi connectivity index (χ0n) is 20.6. The molecule has 192 valence electrons.